The Kier molecular flexibility index (Phi) is 4.50. The van der Waals surface area contributed by atoms with Gasteiger partial charge in [0.1, 0.15) is 5.75 Å². The summed E-state index contributed by atoms with van der Waals surface area (Å²) in [5, 5.41) is 23.3. The van der Waals surface area contributed by atoms with Crippen LogP contribution in [0.1, 0.15) is 24.4 Å². The number of carbonyl (C=O) groups excluding carboxylic acids is 1. The summed E-state index contributed by atoms with van der Waals surface area (Å²) in [4.78, 5) is 13.7. The van der Waals surface area contributed by atoms with Gasteiger partial charge in [0, 0.05) is 31.1 Å². The summed E-state index contributed by atoms with van der Waals surface area (Å²) in [7, 11) is 0. The molecule has 2 aliphatic rings. The summed E-state index contributed by atoms with van der Waals surface area (Å²) in [5.74, 6) is 0.369. The molecule has 2 saturated heterocycles. The summed E-state index contributed by atoms with van der Waals surface area (Å²) >= 11 is 12.2. The van der Waals surface area contributed by atoms with Crippen LogP contribution in [-0.4, -0.2) is 46.8 Å². The van der Waals surface area contributed by atoms with Crippen LogP contribution in [0.3, 0.4) is 0 Å². The highest BCUT2D eigenvalue weighted by Gasteiger charge is 2.34. The fourth-order valence-electron chi connectivity index (χ4n) is 3.11. The molecule has 2 unspecified atom stereocenters. The number of hydrogen-bond acceptors (Lipinski definition) is 4. The maximum atomic E-state index is 12.0. The number of phenolic OH excluding ortho intramolecular Hbond substituents is 1. The lowest BCUT2D eigenvalue weighted by molar-refractivity contribution is -0.142. The molecule has 3 rings (SSSR count). The van der Waals surface area contributed by atoms with Crippen LogP contribution in [-0.2, 0) is 4.79 Å². The van der Waals surface area contributed by atoms with E-state index in [1.165, 1.54) is 6.07 Å². The number of carbonyl (C=O) groups is 1. The molecule has 120 valence electrons. The van der Waals surface area contributed by atoms with Crippen molar-refractivity contribution in [1.29, 1.82) is 0 Å². The third kappa shape index (κ3) is 3.04. The van der Waals surface area contributed by atoms with E-state index < -0.39 is 0 Å². The molecule has 1 aromatic carbocycles. The number of benzene rings is 1. The average Bonchev–Trinajstić information content (AvgIpc) is 2.88. The van der Waals surface area contributed by atoms with E-state index in [1.807, 2.05) is 0 Å². The van der Waals surface area contributed by atoms with Gasteiger partial charge in [0.25, 0.3) is 0 Å². The molecule has 7 heteroatoms. The SMILES string of the molecule is O=C(CC1CNC(c2c(O)ccc(Cl)c2Cl)C1)N1CC(O)C1. The van der Waals surface area contributed by atoms with Crippen LogP contribution >= 0.6 is 23.2 Å². The van der Waals surface area contributed by atoms with Gasteiger partial charge in [-0.05, 0) is 31.0 Å². The molecule has 2 aliphatic heterocycles. The predicted octanol–water partition coefficient (Wildman–Crippen LogP) is 1.94. The first kappa shape index (κ1) is 15.9. The molecule has 0 bridgehead atoms. The number of phenols is 1. The van der Waals surface area contributed by atoms with E-state index >= 15 is 0 Å². The van der Waals surface area contributed by atoms with Crippen molar-refractivity contribution in [2.75, 3.05) is 19.6 Å². The number of nitrogens with one attached hydrogen (secondary N) is 1. The molecule has 5 nitrogen and oxygen atoms in total. The Balaban J connectivity index is 1.63. The average molecular weight is 345 g/mol. The fraction of sp³-hybridized carbons (Fsp3) is 0.533. The van der Waals surface area contributed by atoms with Crippen molar-refractivity contribution in [1.82, 2.24) is 10.2 Å². The lowest BCUT2D eigenvalue weighted by Crippen LogP contribution is -2.53. The van der Waals surface area contributed by atoms with Crippen LogP contribution in [0.2, 0.25) is 10.0 Å². The van der Waals surface area contributed by atoms with Gasteiger partial charge in [0.2, 0.25) is 5.91 Å². The number of rotatable bonds is 3. The summed E-state index contributed by atoms with van der Waals surface area (Å²) in [6.07, 6.45) is 0.783. The topological polar surface area (TPSA) is 72.8 Å². The summed E-state index contributed by atoms with van der Waals surface area (Å²) in [5.41, 5.74) is 0.600. The van der Waals surface area contributed by atoms with Crippen molar-refractivity contribution in [3.8, 4) is 5.75 Å². The Morgan fingerprint density at radius 3 is 2.77 bits per heavy atom. The first-order chi connectivity index (χ1) is 10.5. The van der Waals surface area contributed by atoms with Gasteiger partial charge in [-0.1, -0.05) is 23.2 Å². The number of hydrogen-bond donors (Lipinski definition) is 3. The highest BCUT2D eigenvalue weighted by molar-refractivity contribution is 6.42. The number of nitrogens with zero attached hydrogens (tertiary/aromatic N) is 1. The van der Waals surface area contributed by atoms with Gasteiger partial charge in [0.05, 0.1) is 16.1 Å². The van der Waals surface area contributed by atoms with Crippen LogP contribution in [0, 0.1) is 5.92 Å². The minimum Gasteiger partial charge on any atom is -0.508 e. The molecule has 0 aliphatic carbocycles. The Morgan fingerprint density at radius 2 is 2.09 bits per heavy atom. The van der Waals surface area contributed by atoms with Gasteiger partial charge in [0.15, 0.2) is 0 Å². The zero-order valence-corrected chi connectivity index (χ0v) is 13.4. The molecular weight excluding hydrogens is 327 g/mol. The zero-order valence-electron chi connectivity index (χ0n) is 11.9. The number of likely N-dealkylation sites (tertiary alicyclic amines) is 1. The second kappa shape index (κ2) is 6.24. The normalized spacial score (nSPS) is 25.3. The maximum Gasteiger partial charge on any atom is 0.223 e. The van der Waals surface area contributed by atoms with Crippen LogP contribution in [0.5, 0.6) is 5.75 Å². The molecule has 1 amide bonds. The monoisotopic (exact) mass is 344 g/mol. The van der Waals surface area contributed by atoms with E-state index in [0.29, 0.717) is 41.7 Å². The summed E-state index contributed by atoms with van der Waals surface area (Å²) in [6, 6.07) is 2.99. The molecule has 3 N–H and O–H groups in total. The lowest BCUT2D eigenvalue weighted by atomic mass is 9.96. The number of amides is 1. The molecular formula is C15H18Cl2N2O3. The standard InChI is InChI=1S/C15H18Cl2N2O3/c16-10-1-2-12(21)14(15(10)17)11-3-8(5-18-11)4-13(22)19-6-9(20)7-19/h1-2,8-9,11,18,20-21H,3-7H2. The van der Waals surface area contributed by atoms with Gasteiger partial charge in [-0.15, -0.1) is 0 Å². The highest BCUT2D eigenvalue weighted by atomic mass is 35.5. The van der Waals surface area contributed by atoms with Crippen molar-refractivity contribution in [3.05, 3.63) is 27.7 Å². The molecule has 0 spiro atoms. The van der Waals surface area contributed by atoms with Crippen LogP contribution in [0.25, 0.3) is 0 Å². The van der Waals surface area contributed by atoms with Crippen molar-refractivity contribution < 1.29 is 15.0 Å². The highest BCUT2D eigenvalue weighted by Crippen LogP contribution is 2.41. The van der Waals surface area contributed by atoms with E-state index in [4.69, 9.17) is 23.2 Å². The van der Waals surface area contributed by atoms with E-state index in [9.17, 15) is 15.0 Å². The molecule has 22 heavy (non-hydrogen) atoms. The molecule has 2 heterocycles. The third-order valence-electron chi connectivity index (χ3n) is 4.36. The van der Waals surface area contributed by atoms with E-state index in [2.05, 4.69) is 5.32 Å². The predicted molar refractivity (Wildman–Crippen MR) is 84.2 cm³/mol. The first-order valence-electron chi connectivity index (χ1n) is 7.31. The quantitative estimate of drug-likeness (QED) is 0.783. The Bertz CT molecular complexity index is 590. The summed E-state index contributed by atoms with van der Waals surface area (Å²) in [6.45, 7) is 1.56. The zero-order chi connectivity index (χ0) is 15.9. The molecule has 0 radical (unpaired) electrons. The van der Waals surface area contributed by atoms with Crippen molar-refractivity contribution in [2.45, 2.75) is 25.0 Å². The number of aliphatic hydroxyl groups excluding tert-OH is 1. The largest absolute Gasteiger partial charge is 0.508 e. The van der Waals surface area contributed by atoms with E-state index in [-0.39, 0.29) is 29.7 Å². The Morgan fingerprint density at radius 1 is 1.36 bits per heavy atom. The van der Waals surface area contributed by atoms with E-state index in [0.717, 1.165) is 6.42 Å². The van der Waals surface area contributed by atoms with Crippen molar-refractivity contribution >= 4 is 29.1 Å². The van der Waals surface area contributed by atoms with Crippen molar-refractivity contribution in [2.24, 2.45) is 5.92 Å². The Hall–Kier alpha value is -1.01. The lowest BCUT2D eigenvalue weighted by Gasteiger charge is -2.36. The molecule has 2 atom stereocenters. The fourth-order valence-corrected chi connectivity index (χ4v) is 3.56. The van der Waals surface area contributed by atoms with Crippen LogP contribution in [0.15, 0.2) is 12.1 Å². The first-order valence-corrected chi connectivity index (χ1v) is 8.07. The molecule has 0 saturated carbocycles. The van der Waals surface area contributed by atoms with E-state index in [1.54, 1.807) is 11.0 Å². The van der Waals surface area contributed by atoms with Crippen LogP contribution in [0.4, 0.5) is 0 Å². The van der Waals surface area contributed by atoms with Crippen LogP contribution < -0.4 is 5.32 Å². The van der Waals surface area contributed by atoms with Gasteiger partial charge in [-0.2, -0.15) is 0 Å². The third-order valence-corrected chi connectivity index (χ3v) is 5.18. The van der Waals surface area contributed by atoms with Gasteiger partial charge in [-0.3, -0.25) is 4.79 Å². The molecule has 2 fully saturated rings. The summed E-state index contributed by atoms with van der Waals surface area (Å²) < 4.78 is 0. The second-order valence-corrected chi connectivity index (χ2v) is 6.80. The van der Waals surface area contributed by atoms with Gasteiger partial charge in [-0.25, -0.2) is 0 Å². The maximum absolute atomic E-state index is 12.0. The van der Waals surface area contributed by atoms with Gasteiger partial charge >= 0.3 is 0 Å². The molecule has 1 aromatic rings. The number of β-amino-alcohol motifs (C(OH)–C–C–N with tert-alkyl or cyclic N) is 1. The minimum absolute atomic E-state index is 0.0687. The number of aliphatic hydroxyl groups is 1. The molecule has 0 aromatic heterocycles. The van der Waals surface area contributed by atoms with Gasteiger partial charge < -0.3 is 20.4 Å². The number of halogens is 2. The number of aromatic hydroxyl groups is 1. The smallest absolute Gasteiger partial charge is 0.223 e. The minimum atomic E-state index is -0.374. The second-order valence-electron chi connectivity index (χ2n) is 6.01. The van der Waals surface area contributed by atoms with Crippen molar-refractivity contribution in [3.63, 3.8) is 0 Å². The Labute approximate surface area is 138 Å².